The number of thioether (sulfide) groups is 1. The number of benzene rings is 2. The molecule has 1 aliphatic heterocycles. The number of carboxylic acid groups (broad SMARTS) is 1. The number of aliphatic carboxylic acids is 1. The molecule has 0 saturated carbocycles. The molecule has 10 heteroatoms. The summed E-state index contributed by atoms with van der Waals surface area (Å²) in [5, 5.41) is 14.0. The maximum absolute atomic E-state index is 13.6. The van der Waals surface area contributed by atoms with Crippen molar-refractivity contribution in [1.29, 1.82) is 0 Å². The second-order valence-corrected chi connectivity index (χ2v) is 13.4. The zero-order valence-electron chi connectivity index (χ0n) is 20.2. The molecule has 1 aliphatic rings. The minimum atomic E-state index is -4.06. The molecule has 2 N–H and O–H groups in total. The predicted octanol–water partition coefficient (Wildman–Crippen LogP) is 4.93. The van der Waals surface area contributed by atoms with E-state index in [1.807, 2.05) is 0 Å². The number of amides is 1. The highest BCUT2D eigenvalue weighted by Crippen LogP contribution is 2.39. The number of hydrogen-bond acceptors (Lipinski definition) is 6. The summed E-state index contributed by atoms with van der Waals surface area (Å²) in [7, 11) is -4.06. The van der Waals surface area contributed by atoms with Crippen molar-refractivity contribution in [3.63, 3.8) is 0 Å². The van der Waals surface area contributed by atoms with Crippen molar-refractivity contribution in [2.75, 3.05) is 17.6 Å². The molecule has 0 radical (unpaired) electrons. The molecule has 1 saturated heterocycles. The van der Waals surface area contributed by atoms with Crippen molar-refractivity contribution in [1.82, 2.24) is 4.31 Å². The molecular weight excluding hydrogens is 488 g/mol. The second kappa shape index (κ2) is 9.48. The van der Waals surface area contributed by atoms with Gasteiger partial charge in [0.1, 0.15) is 17.2 Å². The van der Waals surface area contributed by atoms with Crippen molar-refractivity contribution in [3.8, 4) is 0 Å². The van der Waals surface area contributed by atoms with Crippen LogP contribution in [0.3, 0.4) is 0 Å². The van der Waals surface area contributed by atoms with Crippen LogP contribution < -0.4 is 5.32 Å². The van der Waals surface area contributed by atoms with Gasteiger partial charge in [0.2, 0.25) is 15.9 Å². The van der Waals surface area contributed by atoms with Crippen LogP contribution in [0.2, 0.25) is 0 Å². The second-order valence-electron chi connectivity index (χ2n) is 9.76. The van der Waals surface area contributed by atoms with Crippen LogP contribution >= 0.6 is 11.8 Å². The summed E-state index contributed by atoms with van der Waals surface area (Å²) < 4.78 is 33.4. The van der Waals surface area contributed by atoms with E-state index in [0.29, 0.717) is 45.7 Å². The van der Waals surface area contributed by atoms with Gasteiger partial charge in [-0.15, -0.1) is 0 Å². The monoisotopic (exact) mass is 518 g/mol. The highest BCUT2D eigenvalue weighted by atomic mass is 32.2. The number of anilines is 1. The summed E-state index contributed by atoms with van der Waals surface area (Å²) >= 11 is 1.46. The van der Waals surface area contributed by atoms with E-state index in [4.69, 9.17) is 4.42 Å². The van der Waals surface area contributed by atoms with Crippen molar-refractivity contribution in [2.24, 2.45) is 5.92 Å². The van der Waals surface area contributed by atoms with Gasteiger partial charge >= 0.3 is 5.97 Å². The maximum Gasteiger partial charge on any atom is 0.323 e. The van der Waals surface area contributed by atoms with Gasteiger partial charge in [0.05, 0.1) is 4.90 Å². The Bertz CT molecular complexity index is 1390. The minimum Gasteiger partial charge on any atom is -0.480 e. The van der Waals surface area contributed by atoms with E-state index >= 15 is 0 Å². The highest BCUT2D eigenvalue weighted by Gasteiger charge is 2.48. The summed E-state index contributed by atoms with van der Waals surface area (Å²) in [5.41, 5.74) is 1.64. The van der Waals surface area contributed by atoms with E-state index < -0.39 is 26.8 Å². The number of carbonyl (C=O) groups is 2. The standard InChI is InChI=1S/C25H30N2O6S2/c1-15(2)5-10-22(28)26-16-6-8-18-19-14-17(7-9-20(19)33-21(18)13-16)35(31,32)27-11-12-34-25(3,4)23(27)24(29)30/h6-9,13-15,23H,5,10-12H2,1-4H3,(H,26,28)(H,29,30). The number of carbonyl (C=O) groups excluding carboxylic acids is 1. The Kier molecular flexibility index (Phi) is 6.91. The predicted molar refractivity (Wildman–Crippen MR) is 138 cm³/mol. The van der Waals surface area contributed by atoms with Crippen LogP contribution in [-0.2, 0) is 19.6 Å². The van der Waals surface area contributed by atoms with Crippen LogP contribution in [0.25, 0.3) is 21.9 Å². The first-order valence-electron chi connectivity index (χ1n) is 11.5. The number of carboxylic acids is 1. The average molecular weight is 519 g/mol. The van der Waals surface area contributed by atoms with Crippen LogP contribution in [0.15, 0.2) is 45.7 Å². The maximum atomic E-state index is 13.6. The van der Waals surface area contributed by atoms with Gasteiger partial charge in [-0.3, -0.25) is 9.59 Å². The van der Waals surface area contributed by atoms with Crippen LogP contribution in [0.5, 0.6) is 0 Å². The number of nitrogens with one attached hydrogen (secondary N) is 1. The molecule has 0 bridgehead atoms. The SMILES string of the molecule is CC(C)CCC(=O)Nc1ccc2c(c1)oc1ccc(S(=O)(=O)N3CCSC(C)(C)C3C(=O)O)cc12. The van der Waals surface area contributed by atoms with E-state index in [2.05, 4.69) is 19.2 Å². The Morgan fingerprint density at radius 3 is 2.60 bits per heavy atom. The van der Waals surface area contributed by atoms with Crippen LogP contribution in [0, 0.1) is 5.92 Å². The Hall–Kier alpha value is -2.56. The van der Waals surface area contributed by atoms with Crippen LogP contribution in [0.4, 0.5) is 5.69 Å². The summed E-state index contributed by atoms with van der Waals surface area (Å²) in [6.07, 6.45) is 1.23. The first-order chi connectivity index (χ1) is 16.4. The zero-order chi connectivity index (χ0) is 25.5. The third-order valence-electron chi connectivity index (χ3n) is 6.25. The fourth-order valence-electron chi connectivity index (χ4n) is 4.41. The van der Waals surface area contributed by atoms with Crippen LogP contribution in [0.1, 0.15) is 40.5 Å². The van der Waals surface area contributed by atoms with Crippen molar-refractivity contribution in [2.45, 2.75) is 56.2 Å². The molecular formula is C25H30N2O6S2. The van der Waals surface area contributed by atoms with E-state index in [-0.39, 0.29) is 17.3 Å². The molecule has 4 rings (SSSR count). The fourth-order valence-corrected chi connectivity index (χ4v) is 7.53. The summed E-state index contributed by atoms with van der Waals surface area (Å²) in [4.78, 5) is 24.2. The zero-order valence-corrected chi connectivity index (χ0v) is 21.8. The molecule has 2 heterocycles. The third kappa shape index (κ3) is 5.05. The molecule has 2 aromatic carbocycles. The number of rotatable bonds is 7. The van der Waals surface area contributed by atoms with Gasteiger partial charge in [0.15, 0.2) is 0 Å². The third-order valence-corrected chi connectivity index (χ3v) is 9.46. The Labute approximate surface area is 209 Å². The first-order valence-corrected chi connectivity index (χ1v) is 14.0. The van der Waals surface area contributed by atoms with E-state index in [9.17, 15) is 23.1 Å². The van der Waals surface area contributed by atoms with Crippen molar-refractivity contribution >= 4 is 61.3 Å². The van der Waals surface area contributed by atoms with Crippen molar-refractivity contribution in [3.05, 3.63) is 36.4 Å². The Balaban J connectivity index is 1.68. The number of nitrogens with zero attached hydrogens (tertiary/aromatic N) is 1. The average Bonchev–Trinajstić information content (AvgIpc) is 3.13. The smallest absolute Gasteiger partial charge is 0.323 e. The van der Waals surface area contributed by atoms with E-state index in [1.165, 1.54) is 23.9 Å². The number of fused-ring (bicyclic) bond motifs is 3. The molecule has 8 nitrogen and oxygen atoms in total. The van der Waals surface area contributed by atoms with Gasteiger partial charge in [-0.25, -0.2) is 8.42 Å². The molecule has 35 heavy (non-hydrogen) atoms. The lowest BCUT2D eigenvalue weighted by atomic mass is 10.0. The Morgan fingerprint density at radius 1 is 1.17 bits per heavy atom. The summed E-state index contributed by atoms with van der Waals surface area (Å²) in [5.74, 6) is -0.287. The topological polar surface area (TPSA) is 117 Å². The molecule has 1 unspecified atom stereocenters. The lowest BCUT2D eigenvalue weighted by Crippen LogP contribution is -2.58. The summed E-state index contributed by atoms with van der Waals surface area (Å²) in [6, 6.07) is 8.66. The lowest BCUT2D eigenvalue weighted by Gasteiger charge is -2.42. The number of hydrogen-bond donors (Lipinski definition) is 2. The quantitative estimate of drug-likeness (QED) is 0.455. The number of furan rings is 1. The largest absolute Gasteiger partial charge is 0.480 e. The van der Waals surface area contributed by atoms with E-state index in [0.717, 1.165) is 10.7 Å². The molecule has 0 aliphatic carbocycles. The molecule has 3 aromatic rings. The normalized spacial score (nSPS) is 18.8. The highest BCUT2D eigenvalue weighted by molar-refractivity contribution is 8.00. The fraction of sp³-hybridized carbons (Fsp3) is 0.440. The Morgan fingerprint density at radius 2 is 1.91 bits per heavy atom. The van der Waals surface area contributed by atoms with Gasteiger partial charge in [0.25, 0.3) is 0 Å². The van der Waals surface area contributed by atoms with Crippen LogP contribution in [-0.4, -0.2) is 52.8 Å². The van der Waals surface area contributed by atoms with Crippen molar-refractivity contribution < 1.29 is 27.5 Å². The number of sulfonamides is 1. The molecule has 1 aromatic heterocycles. The van der Waals surface area contributed by atoms with E-state index in [1.54, 1.807) is 38.1 Å². The van der Waals surface area contributed by atoms with Gasteiger partial charge in [-0.2, -0.15) is 16.1 Å². The molecule has 0 spiro atoms. The summed E-state index contributed by atoms with van der Waals surface area (Å²) in [6.45, 7) is 7.76. The molecule has 1 atom stereocenters. The van der Waals surface area contributed by atoms with Gasteiger partial charge in [-0.1, -0.05) is 13.8 Å². The minimum absolute atomic E-state index is 0.0210. The molecule has 1 amide bonds. The van der Waals surface area contributed by atoms with Gasteiger partial charge < -0.3 is 14.8 Å². The molecule has 188 valence electrons. The first kappa shape index (κ1) is 25.5. The lowest BCUT2D eigenvalue weighted by molar-refractivity contribution is -0.142. The molecule has 1 fully saturated rings. The van der Waals surface area contributed by atoms with Gasteiger partial charge in [0, 0.05) is 46.0 Å². The van der Waals surface area contributed by atoms with Gasteiger partial charge in [-0.05, 0) is 56.5 Å².